The summed E-state index contributed by atoms with van der Waals surface area (Å²) in [5, 5.41) is 17.7. The number of nitriles is 1. The lowest BCUT2D eigenvalue weighted by Crippen LogP contribution is -2.00. The minimum atomic E-state index is -1.11. The Morgan fingerprint density at radius 2 is 2.23 bits per heavy atom. The van der Waals surface area contributed by atoms with Crippen LogP contribution in [0.3, 0.4) is 0 Å². The van der Waals surface area contributed by atoms with E-state index in [2.05, 4.69) is 0 Å². The van der Waals surface area contributed by atoms with E-state index >= 15 is 0 Å². The second-order valence-electron chi connectivity index (χ2n) is 2.56. The van der Waals surface area contributed by atoms with Crippen LogP contribution >= 0.6 is 11.6 Å². The van der Waals surface area contributed by atoms with Gasteiger partial charge in [0.2, 0.25) is 0 Å². The van der Waals surface area contributed by atoms with Gasteiger partial charge in [-0.15, -0.1) is 0 Å². The number of benzene rings is 1. The molecule has 66 valence electrons. The van der Waals surface area contributed by atoms with Gasteiger partial charge in [-0.25, -0.2) is 4.79 Å². The summed E-state index contributed by atoms with van der Waals surface area (Å²) in [6.45, 7) is 1.69. The highest BCUT2D eigenvalue weighted by molar-refractivity contribution is 6.31. The highest BCUT2D eigenvalue weighted by Gasteiger charge is 2.11. The number of nitrogens with zero attached hydrogens (tertiary/aromatic N) is 1. The first kappa shape index (κ1) is 9.56. The highest BCUT2D eigenvalue weighted by atomic mass is 35.5. The Kier molecular flexibility index (Phi) is 2.54. The van der Waals surface area contributed by atoms with Crippen LogP contribution in [-0.4, -0.2) is 11.1 Å². The van der Waals surface area contributed by atoms with E-state index in [0.29, 0.717) is 10.6 Å². The smallest absolute Gasteiger partial charge is 0.337 e. The summed E-state index contributed by atoms with van der Waals surface area (Å²) in [4.78, 5) is 10.6. The van der Waals surface area contributed by atoms with Crippen molar-refractivity contribution in [2.75, 3.05) is 0 Å². The van der Waals surface area contributed by atoms with Crippen LogP contribution in [0.2, 0.25) is 5.02 Å². The fourth-order valence-electron chi connectivity index (χ4n) is 0.951. The van der Waals surface area contributed by atoms with Crippen LogP contribution in [0.25, 0.3) is 0 Å². The number of aryl methyl sites for hydroxylation is 1. The van der Waals surface area contributed by atoms with Crippen LogP contribution in [0.15, 0.2) is 12.1 Å². The minimum absolute atomic E-state index is 0.00981. The Morgan fingerprint density at radius 3 is 2.69 bits per heavy atom. The molecule has 1 rings (SSSR count). The van der Waals surface area contributed by atoms with E-state index in [4.69, 9.17) is 22.0 Å². The predicted molar refractivity (Wildman–Crippen MR) is 47.9 cm³/mol. The van der Waals surface area contributed by atoms with Gasteiger partial charge in [0.15, 0.2) is 0 Å². The molecule has 0 atom stereocenters. The van der Waals surface area contributed by atoms with Gasteiger partial charge >= 0.3 is 5.97 Å². The summed E-state index contributed by atoms with van der Waals surface area (Å²) in [7, 11) is 0. The first-order chi connectivity index (χ1) is 6.06. The van der Waals surface area contributed by atoms with Gasteiger partial charge in [-0.3, -0.25) is 0 Å². The molecule has 0 aliphatic heterocycles. The summed E-state index contributed by atoms with van der Waals surface area (Å²) in [6, 6.07) is 4.53. The van der Waals surface area contributed by atoms with E-state index in [-0.39, 0.29) is 11.1 Å². The monoisotopic (exact) mass is 195 g/mol. The average Bonchev–Trinajstić information content (AvgIpc) is 2.08. The Morgan fingerprint density at radius 1 is 1.62 bits per heavy atom. The third-order valence-corrected chi connectivity index (χ3v) is 2.06. The number of carboxylic acids is 1. The summed E-state index contributed by atoms with van der Waals surface area (Å²) in [5.41, 5.74) is 0.727. The predicted octanol–water partition coefficient (Wildman–Crippen LogP) is 2.22. The van der Waals surface area contributed by atoms with E-state index < -0.39 is 5.97 Å². The molecule has 0 amide bonds. The molecule has 0 spiro atoms. The molecule has 0 saturated heterocycles. The van der Waals surface area contributed by atoms with Crippen LogP contribution in [0.5, 0.6) is 0 Å². The zero-order valence-corrected chi connectivity index (χ0v) is 7.59. The van der Waals surface area contributed by atoms with Crippen LogP contribution in [0.4, 0.5) is 0 Å². The fraction of sp³-hybridized carbons (Fsp3) is 0.111. The molecule has 1 aromatic carbocycles. The Bertz CT molecular complexity index is 407. The van der Waals surface area contributed by atoms with Crippen LogP contribution < -0.4 is 0 Å². The molecule has 0 radical (unpaired) electrons. The van der Waals surface area contributed by atoms with E-state index in [0.717, 1.165) is 0 Å². The van der Waals surface area contributed by atoms with Crippen molar-refractivity contribution < 1.29 is 9.90 Å². The lowest BCUT2D eigenvalue weighted by molar-refractivity contribution is 0.0696. The molecule has 3 nitrogen and oxygen atoms in total. The molecule has 4 heteroatoms. The lowest BCUT2D eigenvalue weighted by atomic mass is 10.1. The standard InChI is InChI=1S/C9H6ClNO2/c1-5-2-7(9(12)13)6(4-11)3-8(5)10/h2-3H,1H3,(H,12,13). The third-order valence-electron chi connectivity index (χ3n) is 1.65. The largest absolute Gasteiger partial charge is 0.478 e. The maximum atomic E-state index is 10.6. The van der Waals surface area contributed by atoms with Gasteiger partial charge in [-0.1, -0.05) is 11.6 Å². The van der Waals surface area contributed by atoms with Crippen molar-refractivity contribution in [1.29, 1.82) is 5.26 Å². The minimum Gasteiger partial charge on any atom is -0.478 e. The number of rotatable bonds is 1. The van der Waals surface area contributed by atoms with Crippen LogP contribution in [0, 0.1) is 18.3 Å². The molecular formula is C9H6ClNO2. The van der Waals surface area contributed by atoms with Gasteiger partial charge in [0.1, 0.15) is 6.07 Å². The molecule has 0 fully saturated rings. The number of hydrogen-bond donors (Lipinski definition) is 1. The molecule has 1 aromatic rings. The molecule has 0 aromatic heterocycles. The highest BCUT2D eigenvalue weighted by Crippen LogP contribution is 2.20. The Labute approximate surface area is 80.2 Å². The first-order valence-electron chi connectivity index (χ1n) is 3.50. The number of carbonyl (C=O) groups is 1. The lowest BCUT2D eigenvalue weighted by Gasteiger charge is -2.01. The van der Waals surface area contributed by atoms with Gasteiger partial charge in [-0.2, -0.15) is 5.26 Å². The van der Waals surface area contributed by atoms with E-state index in [1.165, 1.54) is 12.1 Å². The van der Waals surface area contributed by atoms with Crippen molar-refractivity contribution in [1.82, 2.24) is 0 Å². The topological polar surface area (TPSA) is 61.1 Å². The maximum Gasteiger partial charge on any atom is 0.337 e. The van der Waals surface area contributed by atoms with Crippen molar-refractivity contribution in [3.05, 3.63) is 33.8 Å². The quantitative estimate of drug-likeness (QED) is 0.748. The van der Waals surface area contributed by atoms with Crippen molar-refractivity contribution in [3.8, 4) is 6.07 Å². The first-order valence-corrected chi connectivity index (χ1v) is 3.87. The molecule has 0 bridgehead atoms. The fourth-order valence-corrected chi connectivity index (χ4v) is 1.11. The summed E-state index contributed by atoms with van der Waals surface area (Å²) >= 11 is 5.73. The van der Waals surface area contributed by atoms with Gasteiger partial charge in [0, 0.05) is 5.02 Å². The van der Waals surface area contributed by atoms with E-state index in [1.807, 2.05) is 0 Å². The SMILES string of the molecule is Cc1cc(C(=O)O)c(C#N)cc1Cl. The van der Waals surface area contributed by atoms with E-state index in [9.17, 15) is 4.79 Å². The van der Waals surface area contributed by atoms with Crippen LogP contribution in [0.1, 0.15) is 21.5 Å². The van der Waals surface area contributed by atoms with Crippen molar-refractivity contribution in [2.24, 2.45) is 0 Å². The Hall–Kier alpha value is -1.53. The molecule has 0 unspecified atom stereocenters. The zero-order chi connectivity index (χ0) is 10.0. The molecule has 0 aliphatic rings. The summed E-state index contributed by atoms with van der Waals surface area (Å²) < 4.78 is 0. The van der Waals surface area contributed by atoms with Gasteiger partial charge in [-0.05, 0) is 24.6 Å². The van der Waals surface area contributed by atoms with E-state index in [1.54, 1.807) is 13.0 Å². The van der Waals surface area contributed by atoms with Crippen molar-refractivity contribution >= 4 is 17.6 Å². The average molecular weight is 196 g/mol. The number of hydrogen-bond acceptors (Lipinski definition) is 2. The number of carboxylic acid groups (broad SMARTS) is 1. The molecular weight excluding hydrogens is 190 g/mol. The molecule has 1 N–H and O–H groups in total. The third kappa shape index (κ3) is 1.79. The van der Waals surface area contributed by atoms with Crippen molar-refractivity contribution in [3.63, 3.8) is 0 Å². The van der Waals surface area contributed by atoms with Gasteiger partial charge < -0.3 is 5.11 Å². The zero-order valence-electron chi connectivity index (χ0n) is 6.84. The number of halogens is 1. The normalized spacial score (nSPS) is 9.31. The molecule has 0 aliphatic carbocycles. The second kappa shape index (κ2) is 3.46. The molecule has 0 heterocycles. The van der Waals surface area contributed by atoms with Crippen molar-refractivity contribution in [2.45, 2.75) is 6.92 Å². The Balaban J connectivity index is 3.44. The maximum absolute atomic E-state index is 10.6. The van der Waals surface area contributed by atoms with Gasteiger partial charge in [0.05, 0.1) is 11.1 Å². The van der Waals surface area contributed by atoms with Crippen LogP contribution in [-0.2, 0) is 0 Å². The number of aromatic carboxylic acids is 1. The summed E-state index contributed by atoms with van der Waals surface area (Å²) in [5.74, 6) is -1.11. The molecule has 13 heavy (non-hydrogen) atoms. The molecule has 0 saturated carbocycles. The second-order valence-corrected chi connectivity index (χ2v) is 2.97. The van der Waals surface area contributed by atoms with Gasteiger partial charge in [0.25, 0.3) is 0 Å². The summed E-state index contributed by atoms with van der Waals surface area (Å²) in [6.07, 6.45) is 0.